The van der Waals surface area contributed by atoms with E-state index in [0.29, 0.717) is 11.4 Å². The maximum absolute atomic E-state index is 10.7. The first-order valence-corrected chi connectivity index (χ1v) is 4.61. The van der Waals surface area contributed by atoms with E-state index in [1.807, 2.05) is 20.8 Å². The summed E-state index contributed by atoms with van der Waals surface area (Å²) in [4.78, 5) is 10.7. The molecule has 1 rings (SSSR count). The Labute approximate surface area is 88.7 Å². The van der Waals surface area contributed by atoms with Crippen LogP contribution in [0, 0.1) is 0 Å². The lowest BCUT2D eigenvalue weighted by Crippen LogP contribution is -2.23. The average Bonchev–Trinajstić information content (AvgIpc) is 2.05. The normalized spacial score (nSPS) is 11.1. The van der Waals surface area contributed by atoms with Gasteiger partial charge in [0.15, 0.2) is 0 Å². The van der Waals surface area contributed by atoms with Crippen LogP contribution >= 0.6 is 0 Å². The molecule has 0 fully saturated rings. The summed E-state index contributed by atoms with van der Waals surface area (Å²) in [6, 6.07) is 4.44. The van der Waals surface area contributed by atoms with E-state index in [0.717, 1.165) is 0 Å². The molecule has 0 aliphatic carbocycles. The third-order valence-electron chi connectivity index (χ3n) is 1.67. The predicted octanol–water partition coefficient (Wildman–Crippen LogP) is 2.14. The van der Waals surface area contributed by atoms with Crippen molar-refractivity contribution in [3.8, 4) is 5.75 Å². The van der Waals surface area contributed by atoms with E-state index in [1.54, 1.807) is 6.07 Å². The maximum Gasteiger partial charge on any atom is 0.335 e. The van der Waals surface area contributed by atoms with E-state index in [1.165, 1.54) is 12.1 Å². The van der Waals surface area contributed by atoms with Crippen molar-refractivity contribution in [2.75, 3.05) is 5.73 Å². The summed E-state index contributed by atoms with van der Waals surface area (Å²) in [5.74, 6) is -0.489. The summed E-state index contributed by atoms with van der Waals surface area (Å²) in [5, 5.41) is 8.74. The smallest absolute Gasteiger partial charge is 0.335 e. The summed E-state index contributed by atoms with van der Waals surface area (Å²) in [5.41, 5.74) is 5.83. The van der Waals surface area contributed by atoms with E-state index in [4.69, 9.17) is 15.6 Å². The molecule has 0 heterocycles. The third-order valence-corrected chi connectivity index (χ3v) is 1.67. The lowest BCUT2D eigenvalue weighted by Gasteiger charge is -2.22. The van der Waals surface area contributed by atoms with Gasteiger partial charge >= 0.3 is 5.97 Å². The van der Waals surface area contributed by atoms with Crippen LogP contribution in [0.1, 0.15) is 31.1 Å². The van der Waals surface area contributed by atoms with Crippen LogP contribution in [-0.2, 0) is 0 Å². The standard InChI is InChI=1S/C11H15NO3/c1-11(2,3)15-9-5-4-7(10(13)14)6-8(9)12/h4-6H,12H2,1-3H3,(H,13,14). The molecule has 1 aromatic rings. The highest BCUT2D eigenvalue weighted by atomic mass is 16.5. The second-order valence-electron chi connectivity index (χ2n) is 4.27. The summed E-state index contributed by atoms with van der Waals surface area (Å²) < 4.78 is 5.55. The molecule has 0 atom stereocenters. The molecule has 0 saturated carbocycles. The molecule has 0 aliphatic rings. The van der Waals surface area contributed by atoms with Crippen LogP contribution in [0.5, 0.6) is 5.75 Å². The number of hydrogen-bond donors (Lipinski definition) is 2. The molecule has 3 N–H and O–H groups in total. The molecule has 0 aliphatic heterocycles. The summed E-state index contributed by atoms with van der Waals surface area (Å²) in [7, 11) is 0. The van der Waals surface area contributed by atoms with Crippen LogP contribution in [0.3, 0.4) is 0 Å². The molecular weight excluding hydrogens is 194 g/mol. The minimum Gasteiger partial charge on any atom is -0.486 e. The van der Waals surface area contributed by atoms with Crippen molar-refractivity contribution in [2.45, 2.75) is 26.4 Å². The average molecular weight is 209 g/mol. The van der Waals surface area contributed by atoms with Crippen molar-refractivity contribution in [3.63, 3.8) is 0 Å². The van der Waals surface area contributed by atoms with Crippen LogP contribution in [0.4, 0.5) is 5.69 Å². The van der Waals surface area contributed by atoms with Gasteiger partial charge in [0.1, 0.15) is 11.4 Å². The van der Waals surface area contributed by atoms with Crippen molar-refractivity contribution in [3.05, 3.63) is 23.8 Å². The molecule has 0 radical (unpaired) electrons. The molecule has 15 heavy (non-hydrogen) atoms. The van der Waals surface area contributed by atoms with Gasteiger partial charge in [-0.3, -0.25) is 0 Å². The van der Waals surface area contributed by atoms with E-state index in [2.05, 4.69) is 0 Å². The largest absolute Gasteiger partial charge is 0.486 e. The van der Waals surface area contributed by atoms with Crippen molar-refractivity contribution in [2.24, 2.45) is 0 Å². The number of anilines is 1. The van der Waals surface area contributed by atoms with Crippen molar-refractivity contribution in [1.82, 2.24) is 0 Å². The summed E-state index contributed by atoms with van der Waals surface area (Å²) in [6.45, 7) is 5.70. The first-order chi connectivity index (χ1) is 6.79. The maximum atomic E-state index is 10.7. The third kappa shape index (κ3) is 3.16. The van der Waals surface area contributed by atoms with Crippen LogP contribution in [0.25, 0.3) is 0 Å². The monoisotopic (exact) mass is 209 g/mol. The van der Waals surface area contributed by atoms with Gasteiger partial charge in [-0.15, -0.1) is 0 Å². The molecule has 1 aromatic carbocycles. The number of carboxylic acid groups (broad SMARTS) is 1. The van der Waals surface area contributed by atoms with E-state index in [-0.39, 0.29) is 11.2 Å². The van der Waals surface area contributed by atoms with Gasteiger partial charge in [0.25, 0.3) is 0 Å². The van der Waals surface area contributed by atoms with E-state index >= 15 is 0 Å². The Morgan fingerprint density at radius 1 is 1.40 bits per heavy atom. The van der Waals surface area contributed by atoms with Gasteiger partial charge in [0.05, 0.1) is 11.3 Å². The predicted molar refractivity (Wildman–Crippen MR) is 58.2 cm³/mol. The SMILES string of the molecule is CC(C)(C)Oc1ccc(C(=O)O)cc1N. The highest BCUT2D eigenvalue weighted by Crippen LogP contribution is 2.26. The Morgan fingerprint density at radius 2 is 2.00 bits per heavy atom. The summed E-state index contributed by atoms with van der Waals surface area (Å²) >= 11 is 0. The Morgan fingerprint density at radius 3 is 2.40 bits per heavy atom. The molecule has 0 amide bonds. The first kappa shape index (κ1) is 11.4. The highest BCUT2D eigenvalue weighted by molar-refractivity contribution is 5.89. The molecular formula is C11H15NO3. The minimum atomic E-state index is -0.996. The number of benzene rings is 1. The Balaban J connectivity index is 2.99. The number of ether oxygens (including phenoxy) is 1. The van der Waals surface area contributed by atoms with Gasteiger partial charge in [-0.2, -0.15) is 0 Å². The zero-order valence-electron chi connectivity index (χ0n) is 9.07. The second kappa shape index (κ2) is 3.81. The van der Waals surface area contributed by atoms with Gasteiger partial charge in [-0.05, 0) is 39.0 Å². The number of carboxylic acids is 1. The number of aromatic carboxylic acids is 1. The lowest BCUT2D eigenvalue weighted by molar-refractivity contribution is 0.0697. The molecule has 4 nitrogen and oxygen atoms in total. The molecule has 0 unspecified atom stereocenters. The van der Waals surface area contributed by atoms with Crippen molar-refractivity contribution < 1.29 is 14.6 Å². The Hall–Kier alpha value is -1.71. The second-order valence-corrected chi connectivity index (χ2v) is 4.27. The van der Waals surface area contributed by atoms with Crippen LogP contribution < -0.4 is 10.5 Å². The number of rotatable bonds is 2. The first-order valence-electron chi connectivity index (χ1n) is 4.61. The highest BCUT2D eigenvalue weighted by Gasteiger charge is 2.14. The van der Waals surface area contributed by atoms with Crippen LogP contribution in [0.15, 0.2) is 18.2 Å². The fourth-order valence-electron chi connectivity index (χ4n) is 1.10. The zero-order chi connectivity index (χ0) is 11.6. The van der Waals surface area contributed by atoms with Gasteiger partial charge in [-0.25, -0.2) is 4.79 Å². The van der Waals surface area contributed by atoms with Crippen LogP contribution in [0.2, 0.25) is 0 Å². The van der Waals surface area contributed by atoms with E-state index < -0.39 is 5.97 Å². The van der Waals surface area contributed by atoms with Crippen molar-refractivity contribution >= 4 is 11.7 Å². The summed E-state index contributed by atoms with van der Waals surface area (Å²) in [6.07, 6.45) is 0. The lowest BCUT2D eigenvalue weighted by atomic mass is 10.1. The number of hydrogen-bond acceptors (Lipinski definition) is 3. The van der Waals surface area contributed by atoms with Gasteiger partial charge < -0.3 is 15.6 Å². The molecule has 0 spiro atoms. The molecule has 0 bridgehead atoms. The quantitative estimate of drug-likeness (QED) is 0.732. The minimum absolute atomic E-state index is 0.161. The molecule has 0 saturated heterocycles. The fraction of sp³-hybridized carbons (Fsp3) is 0.364. The molecule has 4 heteroatoms. The van der Waals surface area contributed by atoms with Gasteiger partial charge in [0.2, 0.25) is 0 Å². The van der Waals surface area contributed by atoms with Gasteiger partial charge in [0, 0.05) is 0 Å². The molecule has 82 valence electrons. The van der Waals surface area contributed by atoms with E-state index in [9.17, 15) is 4.79 Å². The Kier molecular flexibility index (Phi) is 2.88. The van der Waals surface area contributed by atoms with Crippen LogP contribution in [-0.4, -0.2) is 16.7 Å². The number of nitrogens with two attached hydrogens (primary N) is 1. The Bertz CT molecular complexity index is 380. The fourth-order valence-corrected chi connectivity index (χ4v) is 1.10. The zero-order valence-corrected chi connectivity index (χ0v) is 9.07. The van der Waals surface area contributed by atoms with Crippen molar-refractivity contribution in [1.29, 1.82) is 0 Å². The molecule has 0 aromatic heterocycles. The van der Waals surface area contributed by atoms with Gasteiger partial charge in [-0.1, -0.05) is 0 Å². The number of nitrogen functional groups attached to an aromatic ring is 1. The topological polar surface area (TPSA) is 72.5 Å². The number of carbonyl (C=O) groups is 1.